The van der Waals surface area contributed by atoms with Crippen LogP contribution in [0.2, 0.25) is 0 Å². The van der Waals surface area contributed by atoms with Gasteiger partial charge in [0.05, 0.1) is 0 Å². The fraction of sp³-hybridized carbons (Fsp3) is 0.778. The van der Waals surface area contributed by atoms with Crippen molar-refractivity contribution in [1.82, 2.24) is 39.7 Å². The van der Waals surface area contributed by atoms with E-state index in [1.165, 1.54) is 70.5 Å². The lowest BCUT2D eigenvalue weighted by molar-refractivity contribution is 0.124. The van der Waals surface area contributed by atoms with E-state index < -0.39 is 0 Å². The second-order valence-corrected chi connectivity index (χ2v) is 7.96. The van der Waals surface area contributed by atoms with Crippen molar-refractivity contribution in [2.45, 2.75) is 63.1 Å². The summed E-state index contributed by atoms with van der Waals surface area (Å²) in [4.78, 5) is 6.76. The number of aromatic nitrogens is 6. The molecule has 0 amide bonds. The van der Waals surface area contributed by atoms with Crippen molar-refractivity contribution in [3.63, 3.8) is 0 Å². The van der Waals surface area contributed by atoms with Gasteiger partial charge in [0.15, 0.2) is 5.82 Å². The molecule has 8 nitrogen and oxygen atoms in total. The molecule has 0 bridgehead atoms. The first kappa shape index (κ1) is 21.5. The van der Waals surface area contributed by atoms with Crippen molar-refractivity contribution in [2.24, 2.45) is 0 Å². The van der Waals surface area contributed by atoms with Gasteiger partial charge in [-0.15, -0.1) is 35.0 Å². The van der Waals surface area contributed by atoms with Crippen molar-refractivity contribution >= 4 is 24.8 Å². The van der Waals surface area contributed by atoms with Crippen LogP contribution in [0, 0.1) is 0 Å². The number of nitrogens with one attached hydrogen (secondary N) is 1. The van der Waals surface area contributed by atoms with Crippen LogP contribution in [0.1, 0.15) is 62.1 Å². The van der Waals surface area contributed by atoms with Crippen LogP contribution in [-0.4, -0.2) is 66.6 Å². The standard InChI is InChI=1S/C18H28N8.2ClH/c1-2-16(1)26-17(11-25-13-20-12-21-25)22-23-18(26)14-5-9-24(10-6-14)15-3-7-19-8-4-15;;/h12-16,19H,1-11H2;2*1H. The van der Waals surface area contributed by atoms with Gasteiger partial charge in [-0.25, -0.2) is 9.67 Å². The van der Waals surface area contributed by atoms with E-state index in [2.05, 4.69) is 35.1 Å². The summed E-state index contributed by atoms with van der Waals surface area (Å²) in [5, 5.41) is 16.9. The van der Waals surface area contributed by atoms with E-state index in [1.54, 1.807) is 12.7 Å². The number of rotatable bonds is 5. The van der Waals surface area contributed by atoms with E-state index in [1.807, 2.05) is 4.68 Å². The molecule has 1 N–H and O–H groups in total. The van der Waals surface area contributed by atoms with Gasteiger partial charge in [-0.3, -0.25) is 0 Å². The Morgan fingerprint density at radius 1 is 0.929 bits per heavy atom. The Balaban J connectivity index is 0.00000112. The second-order valence-electron chi connectivity index (χ2n) is 7.96. The number of halogens is 2. The molecule has 156 valence electrons. The Hall–Kier alpha value is -1.22. The van der Waals surface area contributed by atoms with Gasteiger partial charge in [0.25, 0.3) is 0 Å². The molecule has 2 aliphatic heterocycles. The molecule has 4 heterocycles. The molecule has 5 rings (SSSR count). The summed E-state index contributed by atoms with van der Waals surface area (Å²) in [6, 6.07) is 1.38. The summed E-state index contributed by atoms with van der Waals surface area (Å²) in [5.74, 6) is 2.80. The lowest BCUT2D eigenvalue weighted by Gasteiger charge is -2.39. The predicted molar refractivity (Wildman–Crippen MR) is 111 cm³/mol. The number of likely N-dealkylation sites (tertiary alicyclic amines) is 1. The minimum atomic E-state index is 0. The zero-order chi connectivity index (χ0) is 17.3. The van der Waals surface area contributed by atoms with Gasteiger partial charge in [-0.1, -0.05) is 0 Å². The van der Waals surface area contributed by atoms with E-state index in [0.717, 1.165) is 11.9 Å². The molecule has 0 unspecified atom stereocenters. The number of nitrogens with zero attached hydrogens (tertiary/aromatic N) is 7. The molecule has 1 aliphatic carbocycles. The van der Waals surface area contributed by atoms with E-state index >= 15 is 0 Å². The highest BCUT2D eigenvalue weighted by atomic mass is 35.5. The number of hydrogen-bond acceptors (Lipinski definition) is 6. The van der Waals surface area contributed by atoms with Gasteiger partial charge >= 0.3 is 0 Å². The van der Waals surface area contributed by atoms with Gasteiger partial charge in [0.2, 0.25) is 0 Å². The first-order valence-corrected chi connectivity index (χ1v) is 10.1. The van der Waals surface area contributed by atoms with E-state index in [9.17, 15) is 0 Å². The summed E-state index contributed by atoms with van der Waals surface area (Å²) in [6.45, 7) is 5.41. The molecule has 3 fully saturated rings. The van der Waals surface area contributed by atoms with Crippen molar-refractivity contribution in [3.8, 4) is 0 Å². The first-order chi connectivity index (χ1) is 12.9. The number of piperidine rings is 2. The van der Waals surface area contributed by atoms with Crippen LogP contribution in [-0.2, 0) is 6.54 Å². The average molecular weight is 429 g/mol. The van der Waals surface area contributed by atoms with Crippen LogP contribution >= 0.6 is 24.8 Å². The van der Waals surface area contributed by atoms with Crippen molar-refractivity contribution in [3.05, 3.63) is 24.3 Å². The highest BCUT2D eigenvalue weighted by Crippen LogP contribution is 2.40. The topological polar surface area (TPSA) is 76.7 Å². The maximum Gasteiger partial charge on any atom is 0.155 e. The summed E-state index contributed by atoms with van der Waals surface area (Å²) < 4.78 is 4.26. The van der Waals surface area contributed by atoms with Crippen LogP contribution in [0.15, 0.2) is 12.7 Å². The Bertz CT molecular complexity index is 716. The quantitative estimate of drug-likeness (QED) is 0.784. The van der Waals surface area contributed by atoms with E-state index in [4.69, 9.17) is 0 Å². The fourth-order valence-electron chi connectivity index (χ4n) is 4.61. The zero-order valence-corrected chi connectivity index (χ0v) is 17.7. The molecule has 0 spiro atoms. The third-order valence-electron chi connectivity index (χ3n) is 6.19. The first-order valence-electron chi connectivity index (χ1n) is 10.1. The predicted octanol–water partition coefficient (Wildman–Crippen LogP) is 2.03. The molecule has 2 saturated heterocycles. The third-order valence-corrected chi connectivity index (χ3v) is 6.19. The molecular formula is C18H30Cl2N8. The lowest BCUT2D eigenvalue weighted by Crippen LogP contribution is -2.46. The third kappa shape index (κ3) is 4.50. The maximum absolute atomic E-state index is 4.64. The molecule has 0 radical (unpaired) electrons. The Morgan fingerprint density at radius 3 is 2.32 bits per heavy atom. The molecular weight excluding hydrogens is 399 g/mol. The van der Waals surface area contributed by atoms with Crippen molar-refractivity contribution < 1.29 is 0 Å². The average Bonchev–Trinajstić information content (AvgIpc) is 3.24. The highest BCUT2D eigenvalue weighted by molar-refractivity contribution is 5.85. The Kier molecular flexibility index (Phi) is 7.31. The van der Waals surface area contributed by atoms with Gasteiger partial charge < -0.3 is 14.8 Å². The second kappa shape index (κ2) is 9.52. The molecule has 28 heavy (non-hydrogen) atoms. The fourth-order valence-corrected chi connectivity index (χ4v) is 4.61. The van der Waals surface area contributed by atoms with Gasteiger partial charge in [0, 0.05) is 18.0 Å². The Labute approximate surface area is 178 Å². The number of hydrogen-bond donors (Lipinski definition) is 1. The highest BCUT2D eigenvalue weighted by Gasteiger charge is 2.34. The Morgan fingerprint density at radius 2 is 1.68 bits per heavy atom. The van der Waals surface area contributed by atoms with Crippen LogP contribution < -0.4 is 5.32 Å². The molecule has 2 aromatic heterocycles. The largest absolute Gasteiger partial charge is 0.317 e. The summed E-state index contributed by atoms with van der Waals surface area (Å²) in [6.07, 6.45) is 10.8. The minimum Gasteiger partial charge on any atom is -0.317 e. The minimum absolute atomic E-state index is 0. The monoisotopic (exact) mass is 428 g/mol. The molecule has 10 heteroatoms. The zero-order valence-electron chi connectivity index (χ0n) is 16.1. The molecule has 3 aliphatic rings. The van der Waals surface area contributed by atoms with Crippen LogP contribution in [0.4, 0.5) is 0 Å². The van der Waals surface area contributed by atoms with Gasteiger partial charge in [-0.05, 0) is 64.7 Å². The molecule has 1 saturated carbocycles. The van der Waals surface area contributed by atoms with Crippen LogP contribution in [0.25, 0.3) is 0 Å². The van der Waals surface area contributed by atoms with Crippen molar-refractivity contribution in [1.29, 1.82) is 0 Å². The summed E-state index contributed by atoms with van der Waals surface area (Å²) >= 11 is 0. The normalized spacial score (nSPS) is 21.9. The van der Waals surface area contributed by atoms with Crippen LogP contribution in [0.3, 0.4) is 0 Å². The van der Waals surface area contributed by atoms with Gasteiger partial charge in [-0.2, -0.15) is 5.10 Å². The van der Waals surface area contributed by atoms with Gasteiger partial charge in [0.1, 0.15) is 25.0 Å². The molecule has 0 aromatic carbocycles. The van der Waals surface area contributed by atoms with E-state index in [-0.39, 0.29) is 24.8 Å². The summed E-state index contributed by atoms with van der Waals surface area (Å²) in [5.41, 5.74) is 0. The SMILES string of the molecule is Cl.Cl.c1ncn(Cc2nnc(C3CCN(C4CCNCC4)CC3)n2C2CC2)n1. The molecule has 0 atom stereocenters. The summed E-state index contributed by atoms with van der Waals surface area (Å²) in [7, 11) is 0. The lowest BCUT2D eigenvalue weighted by atomic mass is 9.93. The van der Waals surface area contributed by atoms with Crippen LogP contribution in [0.5, 0.6) is 0 Å². The van der Waals surface area contributed by atoms with E-state index in [0.29, 0.717) is 18.5 Å². The molecule has 2 aromatic rings. The van der Waals surface area contributed by atoms with Crippen molar-refractivity contribution in [2.75, 3.05) is 26.2 Å². The maximum atomic E-state index is 4.64. The smallest absolute Gasteiger partial charge is 0.155 e.